The van der Waals surface area contributed by atoms with Gasteiger partial charge in [0, 0.05) is 24.7 Å². The van der Waals surface area contributed by atoms with Crippen LogP contribution in [-0.2, 0) is 35.2 Å². The highest BCUT2D eigenvalue weighted by atomic mass is 16.4. The second kappa shape index (κ2) is 14.4. The minimum atomic E-state index is -1.65. The monoisotopic (exact) mass is 512 g/mol. The lowest BCUT2D eigenvalue weighted by molar-refractivity contribution is -0.144. The van der Waals surface area contributed by atoms with E-state index in [4.69, 9.17) is 10.8 Å². The van der Waals surface area contributed by atoms with E-state index >= 15 is 0 Å². The molecule has 0 radical (unpaired) electrons. The van der Waals surface area contributed by atoms with Crippen LogP contribution >= 0.6 is 0 Å². The van der Waals surface area contributed by atoms with Crippen molar-refractivity contribution in [3.05, 3.63) is 18.2 Å². The molecule has 0 fully saturated rings. The van der Waals surface area contributed by atoms with Crippen molar-refractivity contribution in [3.63, 3.8) is 0 Å². The smallest absolute Gasteiger partial charge is 0.326 e. The number of carbonyl (C=O) groups is 6. The van der Waals surface area contributed by atoms with Gasteiger partial charge in [-0.05, 0) is 12.3 Å². The number of hydrogen-bond donors (Lipinski definition) is 8. The van der Waals surface area contributed by atoms with E-state index in [0.717, 1.165) is 0 Å². The lowest BCUT2D eigenvalue weighted by Gasteiger charge is -2.26. The molecule has 15 nitrogen and oxygen atoms in total. The zero-order valence-electron chi connectivity index (χ0n) is 19.9. The molecule has 1 aromatic rings. The van der Waals surface area contributed by atoms with Gasteiger partial charge in [0.2, 0.25) is 17.7 Å². The Kier molecular flexibility index (Phi) is 12.0. The molecular formula is C21H32N6O9. The molecule has 15 heteroatoms. The maximum atomic E-state index is 13.0. The standard InChI is InChI=1S/C21H32N6O9/c1-3-10(2)17(21(35)36)27-20(34)13(6-11-8-23-9-24-11)26-19(33)14(7-16(30)31)25-18(32)12(22)4-5-15(28)29/h8-10,12-14,17H,3-7,22H2,1-2H3,(H,23,24)(H,25,32)(H,26,33)(H,27,34)(H,28,29)(H,30,31)(H,35,36). The van der Waals surface area contributed by atoms with Crippen LogP contribution in [0, 0.1) is 5.92 Å². The summed E-state index contributed by atoms with van der Waals surface area (Å²) in [6.45, 7) is 3.38. The molecule has 0 aliphatic carbocycles. The minimum absolute atomic E-state index is 0.143. The van der Waals surface area contributed by atoms with Gasteiger partial charge in [-0.25, -0.2) is 9.78 Å². The van der Waals surface area contributed by atoms with E-state index in [2.05, 4.69) is 25.9 Å². The number of amides is 3. The number of nitrogens with one attached hydrogen (secondary N) is 4. The molecular weight excluding hydrogens is 480 g/mol. The fraction of sp³-hybridized carbons (Fsp3) is 0.571. The molecule has 5 unspecified atom stereocenters. The van der Waals surface area contributed by atoms with Crippen molar-refractivity contribution in [2.45, 2.75) is 70.1 Å². The Morgan fingerprint density at radius 2 is 1.58 bits per heavy atom. The lowest BCUT2D eigenvalue weighted by atomic mass is 9.98. The molecule has 0 saturated carbocycles. The van der Waals surface area contributed by atoms with Crippen LogP contribution in [0.15, 0.2) is 12.5 Å². The van der Waals surface area contributed by atoms with Gasteiger partial charge < -0.3 is 42.0 Å². The molecule has 0 aliphatic rings. The number of aromatic nitrogens is 2. The average molecular weight is 513 g/mol. The number of aromatic amines is 1. The van der Waals surface area contributed by atoms with E-state index in [1.54, 1.807) is 13.8 Å². The van der Waals surface area contributed by atoms with Gasteiger partial charge in [0.05, 0.1) is 18.8 Å². The first kappa shape index (κ1) is 30.0. The Balaban J connectivity index is 3.07. The molecule has 0 saturated heterocycles. The van der Waals surface area contributed by atoms with Gasteiger partial charge in [-0.3, -0.25) is 24.0 Å². The Labute approximate surface area is 206 Å². The maximum absolute atomic E-state index is 13.0. The second-order valence-electron chi connectivity index (χ2n) is 8.25. The van der Waals surface area contributed by atoms with Gasteiger partial charge in [-0.1, -0.05) is 20.3 Å². The Morgan fingerprint density at radius 1 is 0.972 bits per heavy atom. The number of hydrogen-bond acceptors (Lipinski definition) is 8. The Hall–Kier alpha value is -4.01. The normalized spacial score (nSPS) is 15.0. The SMILES string of the molecule is CCC(C)C(NC(=O)C(Cc1cnc[nH]1)NC(=O)C(CC(=O)O)NC(=O)C(N)CCC(=O)O)C(=O)O. The molecule has 1 rings (SSSR count). The summed E-state index contributed by atoms with van der Waals surface area (Å²) >= 11 is 0. The minimum Gasteiger partial charge on any atom is -0.481 e. The van der Waals surface area contributed by atoms with Gasteiger partial charge in [0.25, 0.3) is 0 Å². The first-order chi connectivity index (χ1) is 16.8. The summed E-state index contributed by atoms with van der Waals surface area (Å²) in [5, 5.41) is 34.3. The molecule has 5 atom stereocenters. The number of nitrogens with two attached hydrogens (primary N) is 1. The van der Waals surface area contributed by atoms with Crippen LogP contribution in [0.4, 0.5) is 0 Å². The third-order valence-corrected chi connectivity index (χ3v) is 5.41. The lowest BCUT2D eigenvalue weighted by Crippen LogP contribution is -2.58. The van der Waals surface area contributed by atoms with Crippen LogP contribution in [0.25, 0.3) is 0 Å². The number of rotatable bonds is 16. The summed E-state index contributed by atoms with van der Waals surface area (Å²) in [5.74, 6) is -7.16. The predicted octanol–water partition coefficient (Wildman–Crippen LogP) is -1.80. The number of carboxylic acids is 3. The van der Waals surface area contributed by atoms with E-state index in [-0.39, 0.29) is 12.8 Å². The highest BCUT2D eigenvalue weighted by Gasteiger charge is 2.33. The number of imidazole rings is 1. The van der Waals surface area contributed by atoms with Crippen molar-refractivity contribution < 1.29 is 44.1 Å². The first-order valence-corrected chi connectivity index (χ1v) is 11.2. The molecule has 0 spiro atoms. The topological polar surface area (TPSA) is 254 Å². The van der Waals surface area contributed by atoms with Gasteiger partial charge in [0.1, 0.15) is 18.1 Å². The van der Waals surface area contributed by atoms with E-state index in [0.29, 0.717) is 12.1 Å². The van der Waals surface area contributed by atoms with Crippen LogP contribution in [-0.4, -0.2) is 85.1 Å². The van der Waals surface area contributed by atoms with E-state index in [9.17, 15) is 39.0 Å². The van der Waals surface area contributed by atoms with Crippen LogP contribution in [0.2, 0.25) is 0 Å². The van der Waals surface area contributed by atoms with Gasteiger partial charge in [-0.15, -0.1) is 0 Å². The molecule has 200 valence electrons. The van der Waals surface area contributed by atoms with Gasteiger partial charge >= 0.3 is 17.9 Å². The second-order valence-corrected chi connectivity index (χ2v) is 8.25. The molecule has 36 heavy (non-hydrogen) atoms. The quantitative estimate of drug-likeness (QED) is 0.123. The van der Waals surface area contributed by atoms with Crippen molar-refractivity contribution in [2.75, 3.05) is 0 Å². The zero-order valence-corrected chi connectivity index (χ0v) is 19.9. The number of carbonyl (C=O) groups excluding carboxylic acids is 3. The number of carboxylic acid groups (broad SMARTS) is 3. The Morgan fingerprint density at radius 3 is 2.08 bits per heavy atom. The third-order valence-electron chi connectivity index (χ3n) is 5.41. The summed E-state index contributed by atoms with van der Waals surface area (Å²) < 4.78 is 0. The molecule has 0 bridgehead atoms. The maximum Gasteiger partial charge on any atom is 0.326 e. The van der Waals surface area contributed by atoms with E-state index in [1.807, 2.05) is 0 Å². The van der Waals surface area contributed by atoms with Crippen molar-refractivity contribution in [1.82, 2.24) is 25.9 Å². The fourth-order valence-electron chi connectivity index (χ4n) is 3.11. The van der Waals surface area contributed by atoms with Gasteiger partial charge in [-0.2, -0.15) is 0 Å². The van der Waals surface area contributed by atoms with Crippen LogP contribution in [0.5, 0.6) is 0 Å². The highest BCUT2D eigenvalue weighted by Crippen LogP contribution is 2.09. The van der Waals surface area contributed by atoms with Crippen LogP contribution < -0.4 is 21.7 Å². The summed E-state index contributed by atoms with van der Waals surface area (Å²) in [6.07, 6.45) is 1.49. The van der Waals surface area contributed by atoms with Crippen LogP contribution in [0.3, 0.4) is 0 Å². The summed E-state index contributed by atoms with van der Waals surface area (Å²) in [5.41, 5.74) is 6.04. The molecule has 1 heterocycles. The zero-order chi connectivity index (χ0) is 27.4. The summed E-state index contributed by atoms with van der Waals surface area (Å²) in [4.78, 5) is 78.3. The highest BCUT2D eigenvalue weighted by molar-refractivity contribution is 5.95. The number of nitrogens with zero attached hydrogens (tertiary/aromatic N) is 1. The molecule has 0 aliphatic heterocycles. The van der Waals surface area contributed by atoms with E-state index < -0.39 is 78.6 Å². The number of H-pyrrole nitrogens is 1. The van der Waals surface area contributed by atoms with Crippen molar-refractivity contribution in [1.29, 1.82) is 0 Å². The largest absolute Gasteiger partial charge is 0.481 e. The first-order valence-electron chi connectivity index (χ1n) is 11.2. The third kappa shape index (κ3) is 10.1. The predicted molar refractivity (Wildman–Crippen MR) is 122 cm³/mol. The average Bonchev–Trinajstić information content (AvgIpc) is 3.31. The summed E-state index contributed by atoms with van der Waals surface area (Å²) in [6, 6.07) is -5.56. The van der Waals surface area contributed by atoms with E-state index in [1.165, 1.54) is 12.5 Å². The number of aliphatic carboxylic acids is 3. The van der Waals surface area contributed by atoms with Crippen molar-refractivity contribution in [3.8, 4) is 0 Å². The van der Waals surface area contributed by atoms with Crippen molar-refractivity contribution in [2.24, 2.45) is 11.7 Å². The Bertz CT molecular complexity index is 936. The fourth-order valence-corrected chi connectivity index (χ4v) is 3.11. The van der Waals surface area contributed by atoms with Crippen molar-refractivity contribution >= 4 is 35.6 Å². The molecule has 0 aromatic carbocycles. The van der Waals surface area contributed by atoms with Gasteiger partial charge in [0.15, 0.2) is 0 Å². The van der Waals surface area contributed by atoms with Crippen LogP contribution in [0.1, 0.15) is 45.2 Å². The molecule has 3 amide bonds. The molecule has 1 aromatic heterocycles. The summed E-state index contributed by atoms with van der Waals surface area (Å²) in [7, 11) is 0. The molecule has 9 N–H and O–H groups in total.